The Bertz CT molecular complexity index is 659. The number of imide groups is 1. The van der Waals surface area contributed by atoms with Crippen LogP contribution >= 0.6 is 23.2 Å². The molecule has 1 aliphatic carbocycles. The number of hydrogen-bond acceptors (Lipinski definition) is 4. The van der Waals surface area contributed by atoms with Gasteiger partial charge in [-0.15, -0.1) is 23.2 Å². The van der Waals surface area contributed by atoms with Crippen LogP contribution in [0.1, 0.15) is 27.1 Å². The Hall–Kier alpha value is -1.66. The average molecular weight is 315 g/mol. The first kappa shape index (κ1) is 13.3. The van der Waals surface area contributed by atoms with Crippen molar-refractivity contribution in [1.82, 2.24) is 4.90 Å². The number of carbonyl (C=O) groups is 2. The first-order valence-corrected chi connectivity index (χ1v) is 6.60. The van der Waals surface area contributed by atoms with Crippen LogP contribution < -0.4 is 0 Å². The second-order valence-electron chi connectivity index (χ2n) is 4.84. The quantitative estimate of drug-likeness (QED) is 0.371. The van der Waals surface area contributed by atoms with Crippen molar-refractivity contribution in [3.8, 4) is 0 Å². The predicted molar refractivity (Wildman–Crippen MR) is 71.0 cm³/mol. The molecule has 1 heterocycles. The van der Waals surface area contributed by atoms with E-state index in [4.69, 9.17) is 23.2 Å². The molecule has 0 aromatic heterocycles. The fraction of sp³-hybridized carbons (Fsp3) is 0.333. The smallest absolute Gasteiger partial charge is 0.274 e. The lowest BCUT2D eigenvalue weighted by Gasteiger charge is -2.13. The van der Waals surface area contributed by atoms with Gasteiger partial charge in [-0.3, -0.25) is 24.6 Å². The molecule has 1 aliphatic heterocycles. The number of amides is 2. The van der Waals surface area contributed by atoms with Gasteiger partial charge in [-0.2, -0.15) is 0 Å². The number of fused-ring (bicyclic) bond motifs is 1. The van der Waals surface area contributed by atoms with E-state index in [2.05, 4.69) is 0 Å². The highest BCUT2D eigenvalue weighted by Gasteiger charge is 2.54. The summed E-state index contributed by atoms with van der Waals surface area (Å²) in [5.74, 6) is -1.38. The number of rotatable bonds is 3. The Balaban J connectivity index is 1.96. The summed E-state index contributed by atoms with van der Waals surface area (Å²) >= 11 is 11.8. The van der Waals surface area contributed by atoms with Crippen molar-refractivity contribution >= 4 is 40.7 Å². The average Bonchev–Trinajstić information content (AvgIpc) is 2.92. The predicted octanol–water partition coefficient (Wildman–Crippen LogP) is 2.38. The van der Waals surface area contributed by atoms with Crippen molar-refractivity contribution in [2.75, 3.05) is 6.54 Å². The van der Waals surface area contributed by atoms with Crippen molar-refractivity contribution in [3.63, 3.8) is 0 Å². The standard InChI is InChI=1S/C12H8Cl2N2O4/c13-12(14)4-6(12)5-15-10(17)7-2-1-3-8(16(19)20)9(7)11(15)18/h1-3,6H,4-5H2. The van der Waals surface area contributed by atoms with Gasteiger partial charge in [-0.05, 0) is 12.5 Å². The molecule has 0 bridgehead atoms. The fourth-order valence-corrected chi connectivity index (χ4v) is 2.83. The van der Waals surface area contributed by atoms with Crippen molar-refractivity contribution in [2.45, 2.75) is 10.8 Å². The number of nitro benzene ring substituents is 1. The Morgan fingerprint density at radius 1 is 1.35 bits per heavy atom. The molecule has 0 saturated heterocycles. The minimum Gasteiger partial charge on any atom is -0.274 e. The fourth-order valence-electron chi connectivity index (χ4n) is 2.32. The maximum atomic E-state index is 12.2. The van der Waals surface area contributed by atoms with Crippen LogP contribution in [-0.4, -0.2) is 32.5 Å². The summed E-state index contributed by atoms with van der Waals surface area (Å²) in [5.41, 5.74) is -0.459. The molecule has 1 fully saturated rings. The largest absolute Gasteiger partial charge is 0.282 e. The van der Waals surface area contributed by atoms with E-state index >= 15 is 0 Å². The van der Waals surface area contributed by atoms with Crippen LogP contribution in [0.2, 0.25) is 0 Å². The van der Waals surface area contributed by atoms with Crippen LogP contribution in [0.25, 0.3) is 0 Å². The van der Waals surface area contributed by atoms with Crippen LogP contribution in [0, 0.1) is 16.0 Å². The molecule has 8 heteroatoms. The van der Waals surface area contributed by atoms with Gasteiger partial charge in [0.1, 0.15) is 9.90 Å². The highest BCUT2D eigenvalue weighted by atomic mass is 35.5. The third-order valence-corrected chi connectivity index (χ3v) is 4.46. The zero-order valence-electron chi connectivity index (χ0n) is 10.0. The van der Waals surface area contributed by atoms with Crippen LogP contribution in [-0.2, 0) is 0 Å². The second kappa shape index (κ2) is 4.17. The van der Waals surface area contributed by atoms with Gasteiger partial charge in [-0.25, -0.2) is 0 Å². The summed E-state index contributed by atoms with van der Waals surface area (Å²) in [6, 6.07) is 4.00. The Labute approximate surface area is 123 Å². The number of halogens is 2. The Morgan fingerprint density at radius 3 is 2.55 bits per heavy atom. The summed E-state index contributed by atoms with van der Waals surface area (Å²) in [6.07, 6.45) is 0.492. The second-order valence-corrected chi connectivity index (χ2v) is 6.38. The zero-order valence-corrected chi connectivity index (χ0v) is 11.5. The van der Waals surface area contributed by atoms with E-state index in [-0.39, 0.29) is 29.3 Å². The van der Waals surface area contributed by atoms with E-state index in [0.29, 0.717) is 6.42 Å². The van der Waals surface area contributed by atoms with Gasteiger partial charge in [-0.1, -0.05) is 6.07 Å². The number of benzene rings is 1. The zero-order chi connectivity index (χ0) is 14.7. The summed E-state index contributed by atoms with van der Waals surface area (Å²) in [6.45, 7) is 0.0799. The molecule has 0 radical (unpaired) electrons. The monoisotopic (exact) mass is 314 g/mol. The van der Waals surface area contributed by atoms with Gasteiger partial charge in [0, 0.05) is 18.5 Å². The van der Waals surface area contributed by atoms with Gasteiger partial charge < -0.3 is 0 Å². The van der Waals surface area contributed by atoms with Crippen LogP contribution in [0.5, 0.6) is 0 Å². The Morgan fingerprint density at radius 2 is 2.00 bits per heavy atom. The summed E-state index contributed by atoms with van der Waals surface area (Å²) in [7, 11) is 0. The molecule has 3 rings (SSSR count). The third-order valence-electron chi connectivity index (χ3n) is 3.53. The molecule has 6 nitrogen and oxygen atoms in total. The molecule has 0 N–H and O–H groups in total. The molecular weight excluding hydrogens is 307 g/mol. The number of nitrogens with zero attached hydrogens (tertiary/aromatic N) is 2. The van der Waals surface area contributed by atoms with Crippen molar-refractivity contribution < 1.29 is 14.5 Å². The van der Waals surface area contributed by atoms with Crippen molar-refractivity contribution in [1.29, 1.82) is 0 Å². The summed E-state index contributed by atoms with van der Waals surface area (Å²) in [4.78, 5) is 35.6. The van der Waals surface area contributed by atoms with Crippen LogP contribution in [0.15, 0.2) is 18.2 Å². The van der Waals surface area contributed by atoms with Gasteiger partial charge >= 0.3 is 0 Å². The third kappa shape index (κ3) is 1.87. The molecule has 1 atom stereocenters. The maximum absolute atomic E-state index is 12.2. The molecular formula is C12H8Cl2N2O4. The lowest BCUT2D eigenvalue weighted by molar-refractivity contribution is -0.385. The van der Waals surface area contributed by atoms with Gasteiger partial charge in [0.2, 0.25) is 0 Å². The van der Waals surface area contributed by atoms with Gasteiger partial charge in [0.25, 0.3) is 17.5 Å². The first-order chi connectivity index (χ1) is 9.33. The highest BCUT2D eigenvalue weighted by Crippen LogP contribution is 2.53. The van der Waals surface area contributed by atoms with Crippen molar-refractivity contribution in [3.05, 3.63) is 39.4 Å². The lowest BCUT2D eigenvalue weighted by atomic mass is 10.1. The molecule has 1 unspecified atom stereocenters. The van der Waals surface area contributed by atoms with E-state index in [0.717, 1.165) is 4.90 Å². The van der Waals surface area contributed by atoms with E-state index in [1.807, 2.05) is 0 Å². The molecule has 0 spiro atoms. The molecule has 1 aromatic carbocycles. The van der Waals surface area contributed by atoms with E-state index < -0.39 is 21.1 Å². The van der Waals surface area contributed by atoms with Crippen LogP contribution in [0.3, 0.4) is 0 Å². The van der Waals surface area contributed by atoms with E-state index in [1.165, 1.54) is 18.2 Å². The van der Waals surface area contributed by atoms with Gasteiger partial charge in [0.15, 0.2) is 0 Å². The molecule has 2 aliphatic rings. The number of hydrogen-bond donors (Lipinski definition) is 0. The van der Waals surface area contributed by atoms with E-state index in [9.17, 15) is 19.7 Å². The molecule has 1 aromatic rings. The summed E-state index contributed by atoms with van der Waals surface area (Å²) < 4.78 is -0.915. The lowest BCUT2D eigenvalue weighted by Crippen LogP contribution is -2.32. The molecule has 2 amide bonds. The minimum atomic E-state index is -0.915. The molecule has 104 valence electrons. The topological polar surface area (TPSA) is 80.5 Å². The number of carbonyl (C=O) groups excluding carboxylic acids is 2. The Kier molecular flexibility index (Phi) is 2.78. The number of alkyl halides is 2. The minimum absolute atomic E-state index is 0.0552. The van der Waals surface area contributed by atoms with Gasteiger partial charge in [0.05, 0.1) is 10.5 Å². The van der Waals surface area contributed by atoms with Crippen LogP contribution in [0.4, 0.5) is 5.69 Å². The summed E-state index contributed by atoms with van der Waals surface area (Å²) in [5, 5.41) is 10.9. The van der Waals surface area contributed by atoms with Crippen molar-refractivity contribution in [2.24, 2.45) is 5.92 Å². The highest BCUT2D eigenvalue weighted by molar-refractivity contribution is 6.50. The molecule has 1 saturated carbocycles. The molecule has 20 heavy (non-hydrogen) atoms. The first-order valence-electron chi connectivity index (χ1n) is 5.84. The normalized spacial score (nSPS) is 22.9. The maximum Gasteiger partial charge on any atom is 0.282 e. The van der Waals surface area contributed by atoms with E-state index in [1.54, 1.807) is 0 Å². The number of nitro groups is 1. The SMILES string of the molecule is O=C1c2cccc([N+](=O)[O-])c2C(=O)N1CC1CC1(Cl)Cl.